The summed E-state index contributed by atoms with van der Waals surface area (Å²) in [5.74, 6) is -0.494. The first-order valence-electron chi connectivity index (χ1n) is 7.95. The van der Waals surface area contributed by atoms with E-state index in [0.29, 0.717) is 13.1 Å². The van der Waals surface area contributed by atoms with Gasteiger partial charge in [0.15, 0.2) is 0 Å². The van der Waals surface area contributed by atoms with Gasteiger partial charge in [-0.2, -0.15) is 13.2 Å². The molecule has 0 aromatic heterocycles. The average molecular weight is 326 g/mol. The number of nitrogens with zero attached hydrogens (tertiary/aromatic N) is 2. The Morgan fingerprint density at radius 3 is 2.52 bits per heavy atom. The van der Waals surface area contributed by atoms with Gasteiger partial charge < -0.3 is 9.80 Å². The largest absolute Gasteiger partial charge is 0.417 e. The third kappa shape index (κ3) is 3.22. The molecule has 2 fully saturated rings. The zero-order valence-corrected chi connectivity index (χ0v) is 13.2. The summed E-state index contributed by atoms with van der Waals surface area (Å²) in [6.07, 6.45) is -1.60. The van der Waals surface area contributed by atoms with Crippen LogP contribution in [0.2, 0.25) is 0 Å². The van der Waals surface area contributed by atoms with Crippen molar-refractivity contribution in [2.45, 2.75) is 25.4 Å². The van der Waals surface area contributed by atoms with Gasteiger partial charge in [-0.1, -0.05) is 12.1 Å². The summed E-state index contributed by atoms with van der Waals surface area (Å²) in [5.41, 5.74) is -1.02. The summed E-state index contributed by atoms with van der Waals surface area (Å²) < 4.78 is 39.4. The minimum atomic E-state index is -4.51. The highest BCUT2D eigenvalue weighted by atomic mass is 19.4. The summed E-state index contributed by atoms with van der Waals surface area (Å²) in [6, 6.07) is 5.08. The molecule has 1 atom stereocenters. The molecule has 3 rings (SSSR count). The van der Waals surface area contributed by atoms with E-state index in [1.807, 2.05) is 0 Å². The second kappa shape index (κ2) is 5.82. The number of hydrogen-bond donors (Lipinski definition) is 0. The van der Waals surface area contributed by atoms with Gasteiger partial charge in [-0.3, -0.25) is 4.79 Å². The molecule has 2 heterocycles. The number of rotatable bonds is 1. The molecule has 1 spiro atoms. The Kier molecular flexibility index (Phi) is 4.12. The molecule has 126 valence electrons. The lowest BCUT2D eigenvalue weighted by atomic mass is 9.79. The monoisotopic (exact) mass is 326 g/mol. The van der Waals surface area contributed by atoms with Crippen molar-refractivity contribution >= 4 is 5.91 Å². The Bertz CT molecular complexity index is 598. The molecule has 0 saturated carbocycles. The van der Waals surface area contributed by atoms with Crippen LogP contribution in [0.3, 0.4) is 0 Å². The van der Waals surface area contributed by atoms with Gasteiger partial charge in [0.05, 0.1) is 11.1 Å². The van der Waals surface area contributed by atoms with Crippen LogP contribution >= 0.6 is 0 Å². The summed E-state index contributed by atoms with van der Waals surface area (Å²) >= 11 is 0. The molecule has 23 heavy (non-hydrogen) atoms. The van der Waals surface area contributed by atoms with Crippen molar-refractivity contribution in [3.05, 3.63) is 35.4 Å². The van der Waals surface area contributed by atoms with Crippen molar-refractivity contribution < 1.29 is 18.0 Å². The molecule has 2 aliphatic heterocycles. The van der Waals surface area contributed by atoms with Crippen LogP contribution in [-0.4, -0.2) is 48.9 Å². The van der Waals surface area contributed by atoms with Crippen LogP contribution in [0, 0.1) is 5.41 Å². The number of likely N-dealkylation sites (tertiary alicyclic amines) is 2. The quantitative estimate of drug-likeness (QED) is 0.791. The van der Waals surface area contributed by atoms with Crippen LogP contribution in [0.25, 0.3) is 0 Å². The number of piperidine rings is 1. The molecule has 0 N–H and O–H groups in total. The smallest absolute Gasteiger partial charge is 0.338 e. The van der Waals surface area contributed by atoms with Crippen molar-refractivity contribution in [2.75, 3.05) is 33.2 Å². The molecular weight excluding hydrogens is 305 g/mol. The molecule has 6 heteroatoms. The molecule has 0 radical (unpaired) electrons. The molecule has 1 aromatic carbocycles. The third-order valence-electron chi connectivity index (χ3n) is 5.04. The van der Waals surface area contributed by atoms with Crippen LogP contribution in [0.5, 0.6) is 0 Å². The maximum atomic E-state index is 13.1. The average Bonchev–Trinajstić information content (AvgIpc) is 2.86. The fourth-order valence-corrected chi connectivity index (χ4v) is 3.96. The van der Waals surface area contributed by atoms with Crippen LogP contribution in [0.1, 0.15) is 35.2 Å². The number of alkyl halides is 3. The predicted octanol–water partition coefficient (Wildman–Crippen LogP) is 3.26. The molecule has 0 aliphatic carbocycles. The van der Waals surface area contributed by atoms with Gasteiger partial charge in [0.1, 0.15) is 0 Å². The molecular formula is C17H21F3N2O. The first-order chi connectivity index (χ1) is 10.8. The normalized spacial score (nSPS) is 26.0. The predicted molar refractivity (Wildman–Crippen MR) is 81.1 cm³/mol. The summed E-state index contributed by atoms with van der Waals surface area (Å²) in [4.78, 5) is 16.6. The maximum absolute atomic E-state index is 13.1. The first kappa shape index (κ1) is 16.3. The number of halogens is 3. The topological polar surface area (TPSA) is 23.6 Å². The maximum Gasteiger partial charge on any atom is 0.417 e. The lowest BCUT2D eigenvalue weighted by molar-refractivity contribution is -0.138. The molecule has 1 amide bonds. The SMILES string of the molecule is CN1CCC2(CCCN(C(=O)c3ccccc3C(F)(F)F)C2)C1. The highest BCUT2D eigenvalue weighted by Gasteiger charge is 2.43. The van der Waals surface area contributed by atoms with Crippen molar-refractivity contribution in [1.82, 2.24) is 9.80 Å². The molecule has 0 bridgehead atoms. The van der Waals surface area contributed by atoms with E-state index in [1.165, 1.54) is 18.2 Å². The fraction of sp³-hybridized carbons (Fsp3) is 0.588. The van der Waals surface area contributed by atoms with E-state index in [1.54, 1.807) is 4.90 Å². The van der Waals surface area contributed by atoms with Crippen molar-refractivity contribution in [1.29, 1.82) is 0 Å². The van der Waals surface area contributed by atoms with Gasteiger partial charge in [0.25, 0.3) is 5.91 Å². The zero-order valence-electron chi connectivity index (χ0n) is 13.2. The van der Waals surface area contributed by atoms with E-state index in [2.05, 4.69) is 11.9 Å². The minimum absolute atomic E-state index is 0.0514. The number of benzene rings is 1. The van der Waals surface area contributed by atoms with E-state index in [-0.39, 0.29) is 11.0 Å². The van der Waals surface area contributed by atoms with E-state index >= 15 is 0 Å². The fourth-order valence-electron chi connectivity index (χ4n) is 3.96. The van der Waals surface area contributed by atoms with Gasteiger partial charge in [0, 0.05) is 25.0 Å². The summed E-state index contributed by atoms with van der Waals surface area (Å²) in [5, 5.41) is 0. The highest BCUT2D eigenvalue weighted by molar-refractivity contribution is 5.96. The van der Waals surface area contributed by atoms with E-state index in [4.69, 9.17) is 0 Å². The molecule has 1 unspecified atom stereocenters. The van der Waals surface area contributed by atoms with Crippen molar-refractivity contribution in [3.8, 4) is 0 Å². The Balaban J connectivity index is 1.84. The van der Waals surface area contributed by atoms with Gasteiger partial charge >= 0.3 is 6.18 Å². The highest BCUT2D eigenvalue weighted by Crippen LogP contribution is 2.39. The van der Waals surface area contributed by atoms with Crippen LogP contribution in [0.15, 0.2) is 24.3 Å². The van der Waals surface area contributed by atoms with E-state index < -0.39 is 17.6 Å². The zero-order chi connectivity index (χ0) is 16.7. The minimum Gasteiger partial charge on any atom is -0.338 e. The Labute approximate surface area is 134 Å². The lowest BCUT2D eigenvalue weighted by Crippen LogP contribution is -2.47. The molecule has 2 saturated heterocycles. The molecule has 3 nitrogen and oxygen atoms in total. The Hall–Kier alpha value is -1.56. The second-order valence-corrected chi connectivity index (χ2v) is 6.86. The van der Waals surface area contributed by atoms with Gasteiger partial charge in [0.2, 0.25) is 0 Å². The second-order valence-electron chi connectivity index (χ2n) is 6.86. The van der Waals surface area contributed by atoms with Gasteiger partial charge in [-0.05, 0) is 45.0 Å². The third-order valence-corrected chi connectivity index (χ3v) is 5.04. The van der Waals surface area contributed by atoms with Crippen LogP contribution < -0.4 is 0 Å². The van der Waals surface area contributed by atoms with E-state index in [9.17, 15) is 18.0 Å². The van der Waals surface area contributed by atoms with E-state index in [0.717, 1.165) is 38.4 Å². The summed E-state index contributed by atoms with van der Waals surface area (Å²) in [6.45, 7) is 3.00. The van der Waals surface area contributed by atoms with Crippen molar-refractivity contribution in [3.63, 3.8) is 0 Å². The number of amides is 1. The van der Waals surface area contributed by atoms with Crippen LogP contribution in [-0.2, 0) is 6.18 Å². The van der Waals surface area contributed by atoms with Gasteiger partial charge in [-0.15, -0.1) is 0 Å². The summed E-state index contributed by atoms with van der Waals surface area (Å²) in [7, 11) is 2.05. The van der Waals surface area contributed by atoms with Gasteiger partial charge in [-0.25, -0.2) is 0 Å². The number of hydrogen-bond acceptors (Lipinski definition) is 2. The molecule has 1 aromatic rings. The number of carbonyl (C=O) groups excluding carboxylic acids is 1. The first-order valence-corrected chi connectivity index (χ1v) is 7.95. The Morgan fingerprint density at radius 1 is 1.13 bits per heavy atom. The van der Waals surface area contributed by atoms with Crippen LogP contribution in [0.4, 0.5) is 13.2 Å². The lowest BCUT2D eigenvalue weighted by Gasteiger charge is -2.40. The Morgan fingerprint density at radius 2 is 1.87 bits per heavy atom. The number of carbonyl (C=O) groups is 1. The standard InChI is InChI=1S/C17H21F3N2O/c1-21-10-8-16(11-21)7-4-9-22(12-16)15(23)13-5-2-3-6-14(13)17(18,19)20/h2-3,5-6H,4,7-12H2,1H3. The molecule has 2 aliphatic rings. The van der Waals surface area contributed by atoms with Crippen molar-refractivity contribution in [2.24, 2.45) is 5.41 Å².